The molecule has 0 amide bonds. The van der Waals surface area contributed by atoms with Crippen LogP contribution in [0.25, 0.3) is 0 Å². The fourth-order valence-electron chi connectivity index (χ4n) is 1.42. The molecular formula is C7H16LiN. The van der Waals surface area contributed by atoms with Crippen molar-refractivity contribution in [2.24, 2.45) is 5.92 Å². The Bertz CT molecular complexity index is 72.0. The minimum Gasteiger partial charge on any atom is -1.00 e. The zero-order chi connectivity index (χ0) is 5.98. The first-order valence-corrected chi connectivity index (χ1v) is 3.47. The molecule has 1 fully saturated rings. The molecule has 9 heavy (non-hydrogen) atoms. The number of hydrogen-bond acceptors (Lipinski definition) is 1. The number of nitrogens with zero attached hydrogens (tertiary/aromatic N) is 1. The summed E-state index contributed by atoms with van der Waals surface area (Å²) in [6.45, 7) is 4.94. The Labute approximate surface area is 71.5 Å². The molecule has 0 aliphatic carbocycles. The maximum Gasteiger partial charge on any atom is 1.00 e. The summed E-state index contributed by atoms with van der Waals surface area (Å²) in [4.78, 5) is 2.41. The zero-order valence-corrected chi connectivity index (χ0v) is 6.85. The second-order valence-corrected chi connectivity index (χ2v) is 3.01. The quantitative estimate of drug-likeness (QED) is 0.351. The number of rotatable bonds is 0. The second kappa shape index (κ2) is 4.39. The van der Waals surface area contributed by atoms with E-state index in [2.05, 4.69) is 18.9 Å². The van der Waals surface area contributed by atoms with Gasteiger partial charge in [-0.1, -0.05) is 6.92 Å². The van der Waals surface area contributed by atoms with Crippen LogP contribution in [0.3, 0.4) is 0 Å². The normalized spacial score (nSPS) is 29.3. The maximum absolute atomic E-state index is 2.41. The Morgan fingerprint density at radius 3 is 2.56 bits per heavy atom. The SMILES string of the molecule is CC1CCCN(C)C1.[H-].[Li+]. The van der Waals surface area contributed by atoms with E-state index >= 15 is 0 Å². The van der Waals surface area contributed by atoms with Gasteiger partial charge in [-0.15, -0.1) is 0 Å². The standard InChI is InChI=1S/C7H15N.Li.H/c1-7-4-3-5-8(2)6-7;;/h7H,3-6H2,1-2H3;;/q;+1;-1. The van der Waals surface area contributed by atoms with Crippen LogP contribution in [0.5, 0.6) is 0 Å². The van der Waals surface area contributed by atoms with Gasteiger partial charge in [-0.05, 0) is 32.4 Å². The van der Waals surface area contributed by atoms with Crippen LogP contribution in [-0.4, -0.2) is 25.0 Å². The summed E-state index contributed by atoms with van der Waals surface area (Å²) in [7, 11) is 2.20. The third kappa shape index (κ3) is 3.30. The summed E-state index contributed by atoms with van der Waals surface area (Å²) in [6, 6.07) is 0. The van der Waals surface area contributed by atoms with E-state index in [1.54, 1.807) is 0 Å². The van der Waals surface area contributed by atoms with Crippen molar-refractivity contribution in [3.63, 3.8) is 0 Å². The van der Waals surface area contributed by atoms with Gasteiger partial charge < -0.3 is 6.33 Å². The fourth-order valence-corrected chi connectivity index (χ4v) is 1.42. The van der Waals surface area contributed by atoms with Crippen LogP contribution in [0.15, 0.2) is 0 Å². The third-order valence-corrected chi connectivity index (χ3v) is 1.86. The zero-order valence-electron chi connectivity index (χ0n) is 7.85. The Hall–Kier alpha value is 0.557. The van der Waals surface area contributed by atoms with E-state index in [1.165, 1.54) is 25.9 Å². The van der Waals surface area contributed by atoms with E-state index in [0.717, 1.165) is 5.92 Å². The molecule has 1 atom stereocenters. The molecule has 1 rings (SSSR count). The van der Waals surface area contributed by atoms with Crippen molar-refractivity contribution in [3.8, 4) is 0 Å². The Kier molecular flexibility index (Phi) is 4.66. The van der Waals surface area contributed by atoms with Crippen LogP contribution in [0.2, 0.25) is 0 Å². The minimum atomic E-state index is 0. The molecule has 0 bridgehead atoms. The van der Waals surface area contributed by atoms with E-state index in [9.17, 15) is 0 Å². The van der Waals surface area contributed by atoms with Gasteiger partial charge in [0, 0.05) is 6.54 Å². The Morgan fingerprint density at radius 1 is 1.56 bits per heavy atom. The van der Waals surface area contributed by atoms with Crippen molar-refractivity contribution in [3.05, 3.63) is 0 Å². The van der Waals surface area contributed by atoms with Gasteiger partial charge >= 0.3 is 18.9 Å². The smallest absolute Gasteiger partial charge is 1.00 e. The van der Waals surface area contributed by atoms with Gasteiger partial charge in [-0.2, -0.15) is 0 Å². The fraction of sp³-hybridized carbons (Fsp3) is 1.00. The van der Waals surface area contributed by atoms with Crippen LogP contribution >= 0.6 is 0 Å². The van der Waals surface area contributed by atoms with E-state index < -0.39 is 0 Å². The average Bonchev–Trinajstić information content (AvgIpc) is 1.64. The van der Waals surface area contributed by atoms with Gasteiger partial charge in [-0.3, -0.25) is 0 Å². The van der Waals surface area contributed by atoms with Crippen LogP contribution < -0.4 is 18.9 Å². The van der Waals surface area contributed by atoms with Crippen molar-refractivity contribution in [2.45, 2.75) is 19.8 Å². The molecule has 0 aromatic heterocycles. The molecular weight excluding hydrogens is 105 g/mol. The summed E-state index contributed by atoms with van der Waals surface area (Å²) < 4.78 is 0. The number of hydrogen-bond donors (Lipinski definition) is 0. The first-order chi connectivity index (χ1) is 3.79. The van der Waals surface area contributed by atoms with E-state index in [0.29, 0.717) is 0 Å². The molecule has 0 aromatic carbocycles. The second-order valence-electron chi connectivity index (χ2n) is 3.01. The molecule has 0 radical (unpaired) electrons. The monoisotopic (exact) mass is 121 g/mol. The van der Waals surface area contributed by atoms with E-state index in [-0.39, 0.29) is 20.3 Å². The largest absolute Gasteiger partial charge is 1.00 e. The molecule has 0 aromatic rings. The molecule has 50 valence electrons. The van der Waals surface area contributed by atoms with Gasteiger partial charge in [0.2, 0.25) is 0 Å². The summed E-state index contributed by atoms with van der Waals surface area (Å²) >= 11 is 0. The number of likely N-dealkylation sites (tertiary alicyclic amines) is 1. The van der Waals surface area contributed by atoms with Crippen molar-refractivity contribution in [1.29, 1.82) is 0 Å². The van der Waals surface area contributed by atoms with Crippen LogP contribution in [-0.2, 0) is 0 Å². The van der Waals surface area contributed by atoms with Gasteiger partial charge in [-0.25, -0.2) is 0 Å². The van der Waals surface area contributed by atoms with Crippen molar-refractivity contribution < 1.29 is 20.3 Å². The van der Waals surface area contributed by atoms with Crippen molar-refractivity contribution in [1.82, 2.24) is 4.90 Å². The first-order valence-electron chi connectivity index (χ1n) is 3.47. The third-order valence-electron chi connectivity index (χ3n) is 1.86. The summed E-state index contributed by atoms with van der Waals surface area (Å²) in [5.41, 5.74) is 0. The van der Waals surface area contributed by atoms with E-state index in [1.807, 2.05) is 0 Å². The Balaban J connectivity index is 0. The summed E-state index contributed by atoms with van der Waals surface area (Å²) in [5.74, 6) is 0.939. The van der Waals surface area contributed by atoms with Gasteiger partial charge in [0.05, 0.1) is 0 Å². The molecule has 1 heterocycles. The maximum atomic E-state index is 2.41. The topological polar surface area (TPSA) is 3.24 Å². The molecule has 1 aliphatic rings. The van der Waals surface area contributed by atoms with Gasteiger partial charge in [0.1, 0.15) is 0 Å². The molecule has 1 nitrogen and oxygen atoms in total. The number of piperidine rings is 1. The first kappa shape index (κ1) is 9.56. The van der Waals surface area contributed by atoms with E-state index in [4.69, 9.17) is 0 Å². The predicted octanol–water partition coefficient (Wildman–Crippen LogP) is -1.54. The minimum absolute atomic E-state index is 0. The van der Waals surface area contributed by atoms with Crippen LogP contribution in [0, 0.1) is 5.92 Å². The Morgan fingerprint density at radius 2 is 2.22 bits per heavy atom. The summed E-state index contributed by atoms with van der Waals surface area (Å²) in [6.07, 6.45) is 2.84. The van der Waals surface area contributed by atoms with Crippen LogP contribution in [0.4, 0.5) is 0 Å². The molecule has 0 N–H and O–H groups in total. The molecule has 1 aliphatic heterocycles. The molecule has 1 saturated heterocycles. The van der Waals surface area contributed by atoms with Crippen molar-refractivity contribution >= 4 is 0 Å². The molecule has 0 saturated carbocycles. The molecule has 1 unspecified atom stereocenters. The van der Waals surface area contributed by atoms with Gasteiger partial charge in [0.15, 0.2) is 0 Å². The van der Waals surface area contributed by atoms with Crippen molar-refractivity contribution in [2.75, 3.05) is 20.1 Å². The van der Waals surface area contributed by atoms with Gasteiger partial charge in [0.25, 0.3) is 0 Å². The molecule has 0 spiro atoms. The van der Waals surface area contributed by atoms with Crippen LogP contribution in [0.1, 0.15) is 21.2 Å². The molecule has 2 heteroatoms. The predicted molar refractivity (Wildman–Crippen MR) is 37.0 cm³/mol. The summed E-state index contributed by atoms with van der Waals surface area (Å²) in [5, 5.41) is 0. The average molecular weight is 121 g/mol.